The normalized spacial score (nSPS) is 11.3. The van der Waals surface area contributed by atoms with Gasteiger partial charge in [-0.2, -0.15) is 0 Å². The Morgan fingerprint density at radius 3 is 1.43 bits per heavy atom. The minimum atomic E-state index is 0.905. The first-order valence-electron chi connectivity index (χ1n) is 20.5. The molecule has 0 aliphatic carbocycles. The van der Waals surface area contributed by atoms with Gasteiger partial charge in [0.1, 0.15) is 11.2 Å². The standard InChI is InChI=1S/C58H39NO/c1-3-13-40(14-4-1)41-25-27-42(28-26-41)43-29-32-49(33-30-43)59(56-35-34-51(44-15-5-2-6-16-44)52-21-7-8-22-53(52)56)50-20-12-19-47(38-50)45-17-11-18-46(37-45)48-31-36-58-55(39-48)54-23-9-10-24-57(54)60-58/h1-39H. The highest BCUT2D eigenvalue weighted by atomic mass is 16.3. The van der Waals surface area contributed by atoms with Crippen molar-refractivity contribution in [3.05, 3.63) is 237 Å². The first-order valence-corrected chi connectivity index (χ1v) is 20.5. The van der Waals surface area contributed by atoms with Crippen molar-refractivity contribution >= 4 is 49.8 Å². The summed E-state index contributed by atoms with van der Waals surface area (Å²) in [6.07, 6.45) is 0. The van der Waals surface area contributed by atoms with Gasteiger partial charge in [-0.05, 0) is 116 Å². The number of hydrogen-bond acceptors (Lipinski definition) is 2. The fraction of sp³-hybridized carbons (Fsp3) is 0. The van der Waals surface area contributed by atoms with Gasteiger partial charge in [0, 0.05) is 27.5 Å². The summed E-state index contributed by atoms with van der Waals surface area (Å²) in [6.45, 7) is 0. The maximum Gasteiger partial charge on any atom is 0.135 e. The van der Waals surface area contributed by atoms with Gasteiger partial charge in [0.25, 0.3) is 0 Å². The predicted octanol–water partition coefficient (Wildman–Crippen LogP) is 16.5. The minimum absolute atomic E-state index is 0.905. The van der Waals surface area contributed by atoms with Gasteiger partial charge in [-0.1, -0.05) is 182 Å². The zero-order chi connectivity index (χ0) is 39.8. The molecule has 11 aromatic rings. The van der Waals surface area contributed by atoms with E-state index in [2.05, 4.69) is 229 Å². The van der Waals surface area contributed by atoms with Gasteiger partial charge in [-0.25, -0.2) is 0 Å². The first kappa shape index (κ1) is 35.2. The Morgan fingerprint density at radius 1 is 0.250 bits per heavy atom. The second-order valence-corrected chi connectivity index (χ2v) is 15.3. The average molecular weight is 766 g/mol. The molecule has 0 aliphatic heterocycles. The number of para-hydroxylation sites is 1. The fourth-order valence-corrected chi connectivity index (χ4v) is 8.67. The van der Waals surface area contributed by atoms with Crippen LogP contribution in [0, 0.1) is 0 Å². The second-order valence-electron chi connectivity index (χ2n) is 15.3. The third kappa shape index (κ3) is 6.51. The molecular formula is C58H39NO. The van der Waals surface area contributed by atoms with Crippen LogP contribution in [0.1, 0.15) is 0 Å². The SMILES string of the molecule is c1ccc(-c2ccc(-c3ccc(N(c4cccc(-c5cccc(-c6ccc7oc8ccccc8c7c6)c5)c4)c4ccc(-c5ccccc5)c5ccccc45)cc3)cc2)cc1. The minimum Gasteiger partial charge on any atom is -0.456 e. The second kappa shape index (κ2) is 15.1. The predicted molar refractivity (Wildman–Crippen MR) is 253 cm³/mol. The van der Waals surface area contributed by atoms with Gasteiger partial charge in [0.05, 0.1) is 5.69 Å². The molecule has 0 atom stereocenters. The number of nitrogens with zero attached hydrogens (tertiary/aromatic N) is 1. The van der Waals surface area contributed by atoms with Crippen LogP contribution in [0.4, 0.5) is 17.1 Å². The molecule has 0 fully saturated rings. The molecule has 2 nitrogen and oxygen atoms in total. The van der Waals surface area contributed by atoms with Crippen LogP contribution in [0.3, 0.4) is 0 Å². The maximum absolute atomic E-state index is 6.14. The fourth-order valence-electron chi connectivity index (χ4n) is 8.67. The van der Waals surface area contributed by atoms with E-state index in [1.54, 1.807) is 0 Å². The Labute approximate surface area is 349 Å². The molecule has 282 valence electrons. The highest BCUT2D eigenvalue weighted by molar-refractivity contribution is 6.07. The van der Waals surface area contributed by atoms with Crippen molar-refractivity contribution < 1.29 is 4.42 Å². The summed E-state index contributed by atoms with van der Waals surface area (Å²) in [5.74, 6) is 0. The molecule has 0 saturated heterocycles. The Balaban J connectivity index is 1.01. The van der Waals surface area contributed by atoms with Crippen molar-refractivity contribution in [3.8, 4) is 55.6 Å². The van der Waals surface area contributed by atoms with E-state index >= 15 is 0 Å². The Hall–Kier alpha value is -7.94. The van der Waals surface area contributed by atoms with Crippen LogP contribution in [-0.4, -0.2) is 0 Å². The third-order valence-corrected chi connectivity index (χ3v) is 11.7. The van der Waals surface area contributed by atoms with E-state index in [0.29, 0.717) is 0 Å². The van der Waals surface area contributed by atoms with Crippen LogP contribution in [-0.2, 0) is 0 Å². The summed E-state index contributed by atoms with van der Waals surface area (Å²) >= 11 is 0. The van der Waals surface area contributed by atoms with Gasteiger partial charge in [-0.3, -0.25) is 0 Å². The summed E-state index contributed by atoms with van der Waals surface area (Å²) in [7, 11) is 0. The first-order chi connectivity index (χ1) is 29.7. The van der Waals surface area contributed by atoms with Crippen LogP contribution in [0.25, 0.3) is 88.3 Å². The van der Waals surface area contributed by atoms with Crippen molar-refractivity contribution in [2.24, 2.45) is 0 Å². The Morgan fingerprint density at radius 2 is 0.733 bits per heavy atom. The summed E-state index contributed by atoms with van der Waals surface area (Å²) in [5.41, 5.74) is 17.0. The number of furan rings is 1. The summed E-state index contributed by atoms with van der Waals surface area (Å²) in [4.78, 5) is 2.41. The van der Waals surface area contributed by atoms with E-state index < -0.39 is 0 Å². The number of fused-ring (bicyclic) bond motifs is 4. The number of hydrogen-bond donors (Lipinski definition) is 0. The van der Waals surface area contributed by atoms with E-state index in [4.69, 9.17) is 4.42 Å². The Bertz CT molecular complexity index is 3290. The number of anilines is 3. The molecule has 0 radical (unpaired) electrons. The smallest absolute Gasteiger partial charge is 0.135 e. The van der Waals surface area contributed by atoms with Crippen LogP contribution in [0.5, 0.6) is 0 Å². The van der Waals surface area contributed by atoms with E-state index in [9.17, 15) is 0 Å². The van der Waals surface area contributed by atoms with Gasteiger partial charge in [0.15, 0.2) is 0 Å². The summed E-state index contributed by atoms with van der Waals surface area (Å²) in [6, 6.07) is 85.0. The van der Waals surface area contributed by atoms with Crippen molar-refractivity contribution in [1.82, 2.24) is 0 Å². The molecule has 11 rings (SSSR count). The lowest BCUT2D eigenvalue weighted by atomic mass is 9.95. The zero-order valence-corrected chi connectivity index (χ0v) is 32.9. The summed E-state index contributed by atoms with van der Waals surface area (Å²) in [5, 5.41) is 4.67. The lowest BCUT2D eigenvalue weighted by Gasteiger charge is -2.28. The molecule has 0 spiro atoms. The molecule has 0 bridgehead atoms. The molecule has 1 heterocycles. The molecule has 0 unspecified atom stereocenters. The highest BCUT2D eigenvalue weighted by Gasteiger charge is 2.19. The van der Waals surface area contributed by atoms with Crippen LogP contribution < -0.4 is 4.90 Å². The lowest BCUT2D eigenvalue weighted by molar-refractivity contribution is 0.669. The monoisotopic (exact) mass is 765 g/mol. The molecule has 60 heavy (non-hydrogen) atoms. The van der Waals surface area contributed by atoms with Crippen molar-refractivity contribution in [1.29, 1.82) is 0 Å². The topological polar surface area (TPSA) is 16.4 Å². The number of benzene rings is 10. The zero-order valence-electron chi connectivity index (χ0n) is 32.9. The molecule has 0 amide bonds. The van der Waals surface area contributed by atoms with Gasteiger partial charge < -0.3 is 9.32 Å². The lowest BCUT2D eigenvalue weighted by Crippen LogP contribution is -2.10. The molecule has 2 heteroatoms. The average Bonchev–Trinajstić information content (AvgIpc) is 3.71. The third-order valence-electron chi connectivity index (χ3n) is 11.7. The Kier molecular flexibility index (Phi) is 8.87. The maximum atomic E-state index is 6.14. The van der Waals surface area contributed by atoms with Crippen LogP contribution >= 0.6 is 0 Å². The quantitative estimate of drug-likeness (QED) is 0.153. The van der Waals surface area contributed by atoms with Gasteiger partial charge in [-0.15, -0.1) is 0 Å². The van der Waals surface area contributed by atoms with E-state index in [1.807, 2.05) is 12.1 Å². The van der Waals surface area contributed by atoms with Gasteiger partial charge >= 0.3 is 0 Å². The largest absolute Gasteiger partial charge is 0.456 e. The molecule has 1 aromatic heterocycles. The van der Waals surface area contributed by atoms with Crippen molar-refractivity contribution in [2.45, 2.75) is 0 Å². The molecular weight excluding hydrogens is 727 g/mol. The summed E-state index contributed by atoms with van der Waals surface area (Å²) < 4.78 is 6.14. The van der Waals surface area contributed by atoms with Crippen molar-refractivity contribution in [2.75, 3.05) is 4.90 Å². The van der Waals surface area contributed by atoms with E-state index in [1.165, 1.54) is 44.2 Å². The molecule has 0 saturated carbocycles. The van der Waals surface area contributed by atoms with E-state index in [-0.39, 0.29) is 0 Å². The van der Waals surface area contributed by atoms with Crippen molar-refractivity contribution in [3.63, 3.8) is 0 Å². The molecule has 10 aromatic carbocycles. The highest BCUT2D eigenvalue weighted by Crippen LogP contribution is 2.44. The molecule has 0 aliphatic rings. The van der Waals surface area contributed by atoms with E-state index in [0.717, 1.165) is 61.3 Å². The van der Waals surface area contributed by atoms with Crippen LogP contribution in [0.15, 0.2) is 241 Å². The van der Waals surface area contributed by atoms with Crippen LogP contribution in [0.2, 0.25) is 0 Å². The number of rotatable bonds is 8. The van der Waals surface area contributed by atoms with Gasteiger partial charge in [0.2, 0.25) is 0 Å². The molecule has 0 N–H and O–H groups in total.